The SMILES string of the molecule is CCN(C(C)=O)c1nc(CN[C@@H](C)C(=O)OC)cs1. The molecule has 1 aromatic heterocycles. The molecular formula is C12H19N3O3S. The molecule has 0 aromatic carbocycles. The van der Waals surface area contributed by atoms with Crippen LogP contribution < -0.4 is 10.2 Å². The maximum absolute atomic E-state index is 11.4. The molecule has 0 saturated heterocycles. The molecule has 6 nitrogen and oxygen atoms in total. The Labute approximate surface area is 116 Å². The van der Waals surface area contributed by atoms with Gasteiger partial charge in [-0.25, -0.2) is 4.98 Å². The monoisotopic (exact) mass is 285 g/mol. The van der Waals surface area contributed by atoms with Crippen LogP contribution in [0.1, 0.15) is 26.5 Å². The summed E-state index contributed by atoms with van der Waals surface area (Å²) in [5.74, 6) is -0.339. The molecular weight excluding hydrogens is 266 g/mol. The zero-order valence-electron chi connectivity index (χ0n) is 11.6. The second-order valence-corrected chi connectivity index (χ2v) is 4.85. The van der Waals surface area contributed by atoms with Crippen molar-refractivity contribution in [1.82, 2.24) is 10.3 Å². The lowest BCUT2D eigenvalue weighted by molar-refractivity contribution is -0.142. The quantitative estimate of drug-likeness (QED) is 0.794. The lowest BCUT2D eigenvalue weighted by atomic mass is 10.3. The van der Waals surface area contributed by atoms with Gasteiger partial charge < -0.3 is 4.74 Å². The molecule has 1 N–H and O–H groups in total. The van der Waals surface area contributed by atoms with Crippen molar-refractivity contribution in [3.05, 3.63) is 11.1 Å². The average Bonchev–Trinajstić information content (AvgIpc) is 2.84. The number of thiazole rings is 1. The Kier molecular flexibility index (Phi) is 5.91. The van der Waals surface area contributed by atoms with Gasteiger partial charge in [0.1, 0.15) is 6.04 Å². The Hall–Kier alpha value is -1.47. The molecule has 1 aromatic rings. The van der Waals surface area contributed by atoms with E-state index in [0.717, 1.165) is 5.69 Å². The predicted octanol–water partition coefficient (Wildman–Crippen LogP) is 1.17. The summed E-state index contributed by atoms with van der Waals surface area (Å²) in [4.78, 5) is 28.6. The minimum absolute atomic E-state index is 0.0284. The van der Waals surface area contributed by atoms with E-state index < -0.39 is 0 Å². The van der Waals surface area contributed by atoms with Crippen LogP contribution in [-0.4, -0.2) is 36.6 Å². The number of methoxy groups -OCH3 is 1. The van der Waals surface area contributed by atoms with E-state index in [2.05, 4.69) is 15.0 Å². The van der Waals surface area contributed by atoms with Gasteiger partial charge in [-0.2, -0.15) is 0 Å². The smallest absolute Gasteiger partial charge is 0.322 e. The first-order chi connectivity index (χ1) is 8.99. The maximum Gasteiger partial charge on any atom is 0.322 e. The van der Waals surface area contributed by atoms with Crippen molar-refractivity contribution in [2.24, 2.45) is 0 Å². The number of hydrogen-bond donors (Lipinski definition) is 1. The summed E-state index contributed by atoms with van der Waals surface area (Å²) >= 11 is 1.41. The Morgan fingerprint density at radius 2 is 2.26 bits per heavy atom. The number of nitrogens with one attached hydrogen (secondary N) is 1. The van der Waals surface area contributed by atoms with Crippen LogP contribution in [0.25, 0.3) is 0 Å². The molecule has 0 aliphatic carbocycles. The van der Waals surface area contributed by atoms with E-state index in [4.69, 9.17) is 0 Å². The van der Waals surface area contributed by atoms with Crippen molar-refractivity contribution in [3.63, 3.8) is 0 Å². The predicted molar refractivity (Wildman–Crippen MR) is 74.1 cm³/mol. The van der Waals surface area contributed by atoms with Gasteiger partial charge in [-0.3, -0.25) is 19.8 Å². The zero-order valence-corrected chi connectivity index (χ0v) is 12.4. The largest absolute Gasteiger partial charge is 0.468 e. The van der Waals surface area contributed by atoms with Crippen LogP contribution in [-0.2, 0) is 20.9 Å². The summed E-state index contributed by atoms with van der Waals surface area (Å²) in [5, 5.41) is 5.57. The fourth-order valence-corrected chi connectivity index (χ4v) is 2.44. The van der Waals surface area contributed by atoms with Crippen molar-refractivity contribution >= 4 is 28.3 Å². The van der Waals surface area contributed by atoms with Gasteiger partial charge in [0.05, 0.1) is 12.8 Å². The normalized spacial score (nSPS) is 12.0. The molecule has 0 radical (unpaired) electrons. The van der Waals surface area contributed by atoms with Gasteiger partial charge in [0.25, 0.3) is 0 Å². The van der Waals surface area contributed by atoms with Crippen molar-refractivity contribution in [2.75, 3.05) is 18.6 Å². The number of nitrogens with zero attached hydrogens (tertiary/aromatic N) is 2. The van der Waals surface area contributed by atoms with Gasteiger partial charge >= 0.3 is 5.97 Å². The molecule has 0 aliphatic heterocycles. The summed E-state index contributed by atoms with van der Waals surface area (Å²) in [6, 6.07) is -0.384. The molecule has 106 valence electrons. The van der Waals surface area contributed by atoms with Crippen LogP contribution in [0.15, 0.2) is 5.38 Å². The van der Waals surface area contributed by atoms with Crippen LogP contribution in [0.2, 0.25) is 0 Å². The van der Waals surface area contributed by atoms with Gasteiger partial charge in [0.15, 0.2) is 5.13 Å². The molecule has 1 atom stereocenters. The number of anilines is 1. The van der Waals surface area contributed by atoms with Crippen LogP contribution in [0.4, 0.5) is 5.13 Å². The molecule has 1 amide bonds. The standard InChI is InChI=1S/C12H19N3O3S/c1-5-15(9(3)16)12-14-10(7-19-12)6-13-8(2)11(17)18-4/h7-8,13H,5-6H2,1-4H3/t8-/m0/s1. The molecule has 1 rings (SSSR count). The van der Waals surface area contributed by atoms with Crippen LogP contribution in [0.3, 0.4) is 0 Å². The first-order valence-corrected chi connectivity index (χ1v) is 6.91. The Morgan fingerprint density at radius 1 is 1.58 bits per heavy atom. The molecule has 7 heteroatoms. The first-order valence-electron chi connectivity index (χ1n) is 6.03. The number of amides is 1. The van der Waals surface area contributed by atoms with Gasteiger partial charge in [0.2, 0.25) is 5.91 Å². The summed E-state index contributed by atoms with van der Waals surface area (Å²) in [6.07, 6.45) is 0. The number of esters is 1. The molecule has 0 aliphatic rings. The number of ether oxygens (including phenoxy) is 1. The average molecular weight is 285 g/mol. The highest BCUT2D eigenvalue weighted by molar-refractivity contribution is 7.14. The molecule has 1 heterocycles. The minimum atomic E-state index is -0.384. The molecule has 0 saturated carbocycles. The third-order valence-electron chi connectivity index (χ3n) is 2.61. The Morgan fingerprint density at radius 3 is 2.79 bits per heavy atom. The number of carbonyl (C=O) groups excluding carboxylic acids is 2. The van der Waals surface area contributed by atoms with E-state index in [0.29, 0.717) is 18.2 Å². The van der Waals surface area contributed by atoms with Crippen LogP contribution in [0, 0.1) is 0 Å². The lowest BCUT2D eigenvalue weighted by Crippen LogP contribution is -2.34. The Balaban J connectivity index is 2.60. The van der Waals surface area contributed by atoms with Gasteiger partial charge in [-0.05, 0) is 13.8 Å². The lowest BCUT2D eigenvalue weighted by Gasteiger charge is -2.14. The molecule has 19 heavy (non-hydrogen) atoms. The molecule has 0 fully saturated rings. The highest BCUT2D eigenvalue weighted by Gasteiger charge is 2.15. The van der Waals surface area contributed by atoms with Crippen molar-refractivity contribution in [1.29, 1.82) is 0 Å². The summed E-state index contributed by atoms with van der Waals surface area (Å²) in [5.41, 5.74) is 0.801. The number of aromatic nitrogens is 1. The zero-order chi connectivity index (χ0) is 14.4. The summed E-state index contributed by atoms with van der Waals surface area (Å²) < 4.78 is 4.62. The van der Waals surface area contributed by atoms with Crippen molar-refractivity contribution < 1.29 is 14.3 Å². The highest BCUT2D eigenvalue weighted by atomic mass is 32.1. The Bertz CT molecular complexity index is 447. The van der Waals surface area contributed by atoms with Crippen LogP contribution in [0.5, 0.6) is 0 Å². The van der Waals surface area contributed by atoms with E-state index in [1.54, 1.807) is 11.8 Å². The number of hydrogen-bond acceptors (Lipinski definition) is 6. The van der Waals surface area contributed by atoms with Crippen molar-refractivity contribution in [3.8, 4) is 0 Å². The van der Waals surface area contributed by atoms with Crippen LogP contribution >= 0.6 is 11.3 Å². The second kappa shape index (κ2) is 7.20. The second-order valence-electron chi connectivity index (χ2n) is 4.01. The molecule has 0 bridgehead atoms. The molecule has 0 unspecified atom stereocenters. The van der Waals surface area contributed by atoms with E-state index in [1.165, 1.54) is 25.4 Å². The van der Waals surface area contributed by atoms with E-state index >= 15 is 0 Å². The highest BCUT2D eigenvalue weighted by Crippen LogP contribution is 2.20. The third kappa shape index (κ3) is 4.29. The fourth-order valence-electron chi connectivity index (χ4n) is 1.51. The van der Waals surface area contributed by atoms with E-state index in [1.807, 2.05) is 12.3 Å². The number of carbonyl (C=O) groups is 2. The number of rotatable bonds is 6. The topological polar surface area (TPSA) is 71.5 Å². The fraction of sp³-hybridized carbons (Fsp3) is 0.583. The van der Waals surface area contributed by atoms with Gasteiger partial charge in [-0.15, -0.1) is 11.3 Å². The molecule has 0 spiro atoms. The van der Waals surface area contributed by atoms with E-state index in [9.17, 15) is 9.59 Å². The van der Waals surface area contributed by atoms with Gasteiger partial charge in [-0.1, -0.05) is 0 Å². The minimum Gasteiger partial charge on any atom is -0.468 e. The summed E-state index contributed by atoms with van der Waals surface area (Å²) in [7, 11) is 1.35. The summed E-state index contributed by atoms with van der Waals surface area (Å²) in [6.45, 7) is 6.20. The maximum atomic E-state index is 11.4. The van der Waals surface area contributed by atoms with Crippen molar-refractivity contribution in [2.45, 2.75) is 33.4 Å². The van der Waals surface area contributed by atoms with Gasteiger partial charge in [0, 0.05) is 25.4 Å². The first kappa shape index (κ1) is 15.6. The van der Waals surface area contributed by atoms with E-state index in [-0.39, 0.29) is 17.9 Å². The third-order valence-corrected chi connectivity index (χ3v) is 3.52.